The fourth-order valence-corrected chi connectivity index (χ4v) is 4.69. The zero-order chi connectivity index (χ0) is 17.2. The first kappa shape index (κ1) is 19.7. The van der Waals surface area contributed by atoms with Crippen molar-refractivity contribution in [2.75, 3.05) is 24.4 Å². The fraction of sp³-hybridized carbons (Fsp3) is 0.312. The molecule has 0 spiro atoms. The largest absolute Gasteiger partial charge is 0.333 e. The molecule has 0 radical (unpaired) electrons. The Morgan fingerprint density at radius 3 is 2.80 bits per heavy atom. The molecule has 6 nitrogen and oxygen atoms in total. The minimum atomic E-state index is -3.61. The number of piperazine rings is 1. The monoisotopic (exact) mass is 401 g/mol. The minimum Gasteiger partial charge on any atom is -0.333 e. The van der Waals surface area contributed by atoms with Gasteiger partial charge in [0.1, 0.15) is 4.21 Å². The highest BCUT2D eigenvalue weighted by Crippen LogP contribution is 2.21. The molecule has 1 atom stereocenters. The van der Waals surface area contributed by atoms with Crippen molar-refractivity contribution in [3.8, 4) is 0 Å². The molecule has 0 aliphatic carbocycles. The maximum absolute atomic E-state index is 12.7. The van der Waals surface area contributed by atoms with Crippen LogP contribution in [0.5, 0.6) is 0 Å². The molecule has 9 heteroatoms. The molecule has 0 bridgehead atoms. The number of rotatable bonds is 4. The lowest BCUT2D eigenvalue weighted by Crippen LogP contribution is -2.52. The van der Waals surface area contributed by atoms with E-state index in [0.717, 1.165) is 24.4 Å². The van der Waals surface area contributed by atoms with E-state index >= 15 is 0 Å². The zero-order valence-electron chi connectivity index (χ0n) is 13.6. The number of carbonyl (C=O) groups is 1. The van der Waals surface area contributed by atoms with Crippen molar-refractivity contribution in [3.63, 3.8) is 0 Å². The van der Waals surface area contributed by atoms with Crippen LogP contribution in [0.2, 0.25) is 0 Å². The van der Waals surface area contributed by atoms with Crippen LogP contribution in [0.15, 0.2) is 46.0 Å². The number of nitrogens with one attached hydrogen (secondary N) is 2. The summed E-state index contributed by atoms with van der Waals surface area (Å²) < 4.78 is 27.4. The molecule has 1 saturated heterocycles. The summed E-state index contributed by atoms with van der Waals surface area (Å²) in [5.74, 6) is -0.0822. The molecule has 25 heavy (non-hydrogen) atoms. The zero-order valence-corrected chi connectivity index (χ0v) is 16.1. The van der Waals surface area contributed by atoms with E-state index in [9.17, 15) is 13.2 Å². The molecule has 2 N–H and O–H groups in total. The Hall–Kier alpha value is -1.61. The van der Waals surface area contributed by atoms with Crippen molar-refractivity contribution < 1.29 is 13.2 Å². The maximum atomic E-state index is 12.7. The number of sulfonamides is 1. The van der Waals surface area contributed by atoms with Gasteiger partial charge in [0.2, 0.25) is 0 Å². The first-order valence-corrected chi connectivity index (χ1v) is 10.0. The smallest absolute Gasteiger partial charge is 0.271 e. The van der Waals surface area contributed by atoms with Crippen LogP contribution in [0.1, 0.15) is 17.3 Å². The molecule has 2 heterocycles. The molecule has 1 aliphatic rings. The highest BCUT2D eigenvalue weighted by molar-refractivity contribution is 7.94. The van der Waals surface area contributed by atoms with Gasteiger partial charge in [-0.2, -0.15) is 0 Å². The Bertz CT molecular complexity index is 825. The molecule has 1 amide bonds. The molecule has 0 saturated carbocycles. The second kappa shape index (κ2) is 8.18. The van der Waals surface area contributed by atoms with E-state index in [0.29, 0.717) is 17.8 Å². The number of hydrogen-bond acceptors (Lipinski definition) is 5. The van der Waals surface area contributed by atoms with Crippen LogP contribution in [0.4, 0.5) is 5.69 Å². The van der Waals surface area contributed by atoms with Gasteiger partial charge in [0, 0.05) is 36.9 Å². The number of benzene rings is 1. The number of hydrogen-bond donors (Lipinski definition) is 2. The molecule has 1 unspecified atom stereocenters. The number of carbonyl (C=O) groups excluding carboxylic acids is 1. The SMILES string of the molecule is CC1CNCCN1C(=O)c1cccc(NS(=O)(=O)c2cccs2)c1.Cl. The van der Waals surface area contributed by atoms with Crippen LogP contribution >= 0.6 is 23.7 Å². The predicted octanol–water partition coefficient (Wildman–Crippen LogP) is 2.40. The Morgan fingerprint density at radius 2 is 2.12 bits per heavy atom. The van der Waals surface area contributed by atoms with Gasteiger partial charge in [0.05, 0.1) is 0 Å². The first-order valence-electron chi connectivity index (χ1n) is 7.65. The van der Waals surface area contributed by atoms with E-state index < -0.39 is 10.0 Å². The van der Waals surface area contributed by atoms with Crippen LogP contribution < -0.4 is 10.0 Å². The van der Waals surface area contributed by atoms with Gasteiger partial charge in [-0.05, 0) is 36.6 Å². The Balaban J connectivity index is 0.00000225. The molecule has 136 valence electrons. The summed E-state index contributed by atoms with van der Waals surface area (Å²) in [4.78, 5) is 14.5. The maximum Gasteiger partial charge on any atom is 0.271 e. The van der Waals surface area contributed by atoms with Crippen molar-refractivity contribution in [2.24, 2.45) is 0 Å². The first-order chi connectivity index (χ1) is 11.5. The van der Waals surface area contributed by atoms with Gasteiger partial charge < -0.3 is 10.2 Å². The number of anilines is 1. The molecule has 1 aromatic carbocycles. The van der Waals surface area contributed by atoms with Crippen molar-refractivity contribution in [3.05, 3.63) is 47.3 Å². The Labute approximate surface area is 157 Å². The van der Waals surface area contributed by atoms with Gasteiger partial charge in [-0.1, -0.05) is 12.1 Å². The fourth-order valence-electron chi connectivity index (χ4n) is 2.65. The van der Waals surface area contributed by atoms with Gasteiger partial charge in [-0.15, -0.1) is 23.7 Å². The van der Waals surface area contributed by atoms with E-state index in [1.165, 1.54) is 0 Å². The topological polar surface area (TPSA) is 78.5 Å². The minimum absolute atomic E-state index is 0. The van der Waals surface area contributed by atoms with Crippen LogP contribution in [-0.4, -0.2) is 44.9 Å². The quantitative estimate of drug-likeness (QED) is 0.824. The number of thiophene rings is 1. The molecule has 1 aromatic heterocycles. The summed E-state index contributed by atoms with van der Waals surface area (Å²) in [7, 11) is -3.61. The third-order valence-electron chi connectivity index (χ3n) is 3.88. The number of nitrogens with zero attached hydrogens (tertiary/aromatic N) is 1. The standard InChI is InChI=1S/C16H19N3O3S2.ClH/c1-12-11-17-7-8-19(12)16(20)13-4-2-5-14(10-13)18-24(21,22)15-6-3-9-23-15;/h2-6,9-10,12,17-18H,7-8,11H2,1H3;1H. The Morgan fingerprint density at radius 1 is 1.32 bits per heavy atom. The van der Waals surface area contributed by atoms with Gasteiger partial charge in [0.15, 0.2) is 0 Å². The third-order valence-corrected chi connectivity index (χ3v) is 6.66. The highest BCUT2D eigenvalue weighted by atomic mass is 35.5. The van der Waals surface area contributed by atoms with Crippen LogP contribution in [0, 0.1) is 0 Å². The van der Waals surface area contributed by atoms with Gasteiger partial charge in [-0.25, -0.2) is 8.42 Å². The van der Waals surface area contributed by atoms with Crippen molar-refractivity contribution in [1.29, 1.82) is 0 Å². The molecule has 1 fully saturated rings. The molecule has 1 aliphatic heterocycles. The molecular weight excluding hydrogens is 382 g/mol. The second-order valence-corrected chi connectivity index (χ2v) is 8.53. The summed E-state index contributed by atoms with van der Waals surface area (Å²) in [6.45, 7) is 4.16. The summed E-state index contributed by atoms with van der Waals surface area (Å²) in [6, 6.07) is 9.96. The highest BCUT2D eigenvalue weighted by Gasteiger charge is 2.24. The molecule has 2 aromatic rings. The normalized spacial score (nSPS) is 17.6. The van der Waals surface area contributed by atoms with Gasteiger partial charge in [-0.3, -0.25) is 9.52 Å². The van der Waals surface area contributed by atoms with Crippen molar-refractivity contribution in [1.82, 2.24) is 10.2 Å². The van der Waals surface area contributed by atoms with Crippen LogP contribution in [0.25, 0.3) is 0 Å². The average molecular weight is 402 g/mol. The average Bonchev–Trinajstić information content (AvgIpc) is 3.10. The lowest BCUT2D eigenvalue weighted by Gasteiger charge is -2.34. The van der Waals surface area contributed by atoms with Crippen molar-refractivity contribution >= 4 is 45.4 Å². The summed E-state index contributed by atoms with van der Waals surface area (Å²) in [5.41, 5.74) is 0.868. The van der Waals surface area contributed by atoms with E-state index in [1.807, 2.05) is 11.8 Å². The number of amides is 1. The van der Waals surface area contributed by atoms with Crippen LogP contribution in [0.3, 0.4) is 0 Å². The van der Waals surface area contributed by atoms with Gasteiger partial charge in [0.25, 0.3) is 15.9 Å². The summed E-state index contributed by atoms with van der Waals surface area (Å²) in [5, 5.41) is 4.95. The third kappa shape index (κ3) is 4.52. The summed E-state index contributed by atoms with van der Waals surface area (Å²) >= 11 is 1.15. The van der Waals surface area contributed by atoms with E-state index in [2.05, 4.69) is 10.0 Å². The second-order valence-electron chi connectivity index (χ2n) is 5.67. The summed E-state index contributed by atoms with van der Waals surface area (Å²) in [6.07, 6.45) is 0. The lowest BCUT2D eigenvalue weighted by atomic mass is 10.1. The van der Waals surface area contributed by atoms with Gasteiger partial charge >= 0.3 is 0 Å². The van der Waals surface area contributed by atoms with E-state index in [-0.39, 0.29) is 28.6 Å². The molecular formula is C16H20ClN3O3S2. The van der Waals surface area contributed by atoms with Crippen LogP contribution in [-0.2, 0) is 10.0 Å². The molecule has 3 rings (SSSR count). The van der Waals surface area contributed by atoms with Crippen molar-refractivity contribution in [2.45, 2.75) is 17.2 Å². The lowest BCUT2D eigenvalue weighted by molar-refractivity contribution is 0.0656. The number of halogens is 1. The Kier molecular flexibility index (Phi) is 6.45. The van der Waals surface area contributed by atoms with E-state index in [4.69, 9.17) is 0 Å². The van der Waals surface area contributed by atoms with E-state index in [1.54, 1.807) is 41.8 Å². The predicted molar refractivity (Wildman–Crippen MR) is 102 cm³/mol.